The van der Waals surface area contributed by atoms with Crippen LogP contribution in [0.25, 0.3) is 0 Å². The molecule has 5 atom stereocenters. The highest BCUT2D eigenvalue weighted by Crippen LogP contribution is 2.30. The molecule has 0 heterocycles. The van der Waals surface area contributed by atoms with Crippen molar-refractivity contribution >= 4 is 27.1 Å². The van der Waals surface area contributed by atoms with Crippen LogP contribution in [0.5, 0.6) is 0 Å². The third kappa shape index (κ3) is 19.5. The Balaban J connectivity index is 4.63. The molecule has 0 aromatic carbocycles. The van der Waals surface area contributed by atoms with Crippen molar-refractivity contribution < 1.29 is 28.7 Å². The lowest BCUT2D eigenvalue weighted by molar-refractivity contribution is -0.258. The van der Waals surface area contributed by atoms with Gasteiger partial charge in [0.15, 0.2) is 6.29 Å². The van der Waals surface area contributed by atoms with E-state index in [1.54, 1.807) is 6.92 Å². The minimum Gasteiger partial charge on any atom is -0.458 e. The molecule has 220 valence electrons. The summed E-state index contributed by atoms with van der Waals surface area (Å²) < 4.78 is 27.7. The van der Waals surface area contributed by atoms with E-state index in [0.717, 1.165) is 19.3 Å². The second-order valence-corrected chi connectivity index (χ2v) is 11.7. The third-order valence-corrected chi connectivity index (χ3v) is 7.78. The first-order valence-corrected chi connectivity index (χ1v) is 16.6. The second kappa shape index (κ2) is 24.8. The molecule has 0 aliphatic carbocycles. The molecule has 0 rings (SSSR count). The maximum Gasteiger partial charge on any atom is 0.472 e. The van der Waals surface area contributed by atoms with Gasteiger partial charge in [-0.1, -0.05) is 134 Å². The predicted molar refractivity (Wildman–Crippen MR) is 158 cm³/mol. The van der Waals surface area contributed by atoms with Gasteiger partial charge in [0.1, 0.15) is 5.44 Å². The number of rotatable bonds is 27. The van der Waals surface area contributed by atoms with E-state index < -0.39 is 31.7 Å². The van der Waals surface area contributed by atoms with E-state index in [2.05, 4.69) is 26.5 Å². The van der Waals surface area contributed by atoms with Crippen molar-refractivity contribution in [3.63, 3.8) is 0 Å². The molecule has 0 aromatic rings. The van der Waals surface area contributed by atoms with Crippen molar-refractivity contribution in [3.05, 3.63) is 0 Å². The minimum atomic E-state index is -2.52. The quantitative estimate of drug-likeness (QED) is 0.0340. The van der Waals surface area contributed by atoms with Gasteiger partial charge in [0.2, 0.25) is 0 Å². The number of hydrogen-bond donors (Lipinski definition) is 2. The summed E-state index contributed by atoms with van der Waals surface area (Å²) in [6.45, 7) is 7.98. The zero-order chi connectivity index (χ0) is 27.8. The lowest BCUT2D eigenvalue weighted by atomic mass is 9.91. The van der Waals surface area contributed by atoms with Gasteiger partial charge in [-0.15, -0.1) is 12.6 Å². The van der Waals surface area contributed by atoms with Crippen LogP contribution in [0.1, 0.15) is 150 Å². The molecule has 0 bridgehead atoms. The Morgan fingerprint density at radius 3 is 1.68 bits per heavy atom. The first-order valence-electron chi connectivity index (χ1n) is 15.2. The molecule has 0 aromatic heterocycles. The summed E-state index contributed by atoms with van der Waals surface area (Å²) >= 11 is 4.66. The fraction of sp³-hybridized carbons (Fsp3) is 0.966. The van der Waals surface area contributed by atoms with Crippen LogP contribution < -0.4 is 0 Å². The first kappa shape index (κ1) is 36.8. The predicted octanol–water partition coefficient (Wildman–Crippen LogP) is 8.92. The SMILES string of the molecule is CCCCCCCCCCCCC(CCCCCCC)CC(S)OC(CC)OC(O)([PH+]=O)C(=O)OCC. The van der Waals surface area contributed by atoms with Crippen LogP contribution in [-0.2, 0) is 23.6 Å². The van der Waals surface area contributed by atoms with E-state index in [9.17, 15) is 14.5 Å². The highest BCUT2D eigenvalue weighted by Gasteiger charge is 2.51. The molecule has 5 unspecified atom stereocenters. The van der Waals surface area contributed by atoms with Gasteiger partial charge in [-0.05, 0) is 25.7 Å². The lowest BCUT2D eigenvalue weighted by Crippen LogP contribution is -2.42. The van der Waals surface area contributed by atoms with Gasteiger partial charge in [-0.2, -0.15) is 0 Å². The van der Waals surface area contributed by atoms with Gasteiger partial charge in [0.05, 0.1) is 6.61 Å². The largest absolute Gasteiger partial charge is 0.472 e. The summed E-state index contributed by atoms with van der Waals surface area (Å²) in [5, 5.41) is 10.4. The van der Waals surface area contributed by atoms with Gasteiger partial charge in [0.25, 0.3) is 0 Å². The number of carbonyl (C=O) groups is 1. The molecule has 0 spiro atoms. The summed E-state index contributed by atoms with van der Waals surface area (Å²) in [6, 6.07) is 0. The van der Waals surface area contributed by atoms with Crippen LogP contribution in [0.15, 0.2) is 0 Å². The minimum absolute atomic E-state index is 0.0563. The topological polar surface area (TPSA) is 82.1 Å². The molecular formula is C29H58O6PS+. The summed E-state index contributed by atoms with van der Waals surface area (Å²) in [5.41, 5.74) is -2.91. The Morgan fingerprint density at radius 2 is 1.27 bits per heavy atom. The van der Waals surface area contributed by atoms with E-state index >= 15 is 0 Å². The van der Waals surface area contributed by atoms with Crippen LogP contribution in [-0.4, -0.2) is 34.9 Å². The molecule has 0 fully saturated rings. The standard InChI is InChI=1S/C29H57O6PS/c1-5-9-11-13-14-15-16-17-19-21-23-25(22-20-18-12-10-6-2)24-27(37)34-26(7-3)35-29(31,36-32)28(30)33-8-4/h25-27,31,37H,5-24H2,1-4H3/p+1. The molecule has 8 heteroatoms. The monoisotopic (exact) mass is 565 g/mol. The van der Waals surface area contributed by atoms with Crippen molar-refractivity contribution in [2.75, 3.05) is 6.61 Å². The Kier molecular flexibility index (Phi) is 24.7. The Hall–Kier alpha value is -0.200. The first-order chi connectivity index (χ1) is 17.9. The van der Waals surface area contributed by atoms with Crippen LogP contribution in [0, 0.1) is 5.92 Å². The average molecular weight is 566 g/mol. The van der Waals surface area contributed by atoms with Crippen molar-refractivity contribution in [2.45, 2.75) is 167 Å². The average Bonchev–Trinajstić information content (AvgIpc) is 2.88. The van der Waals surface area contributed by atoms with E-state index in [0.29, 0.717) is 12.3 Å². The summed E-state index contributed by atoms with van der Waals surface area (Å²) in [4.78, 5) is 12.0. The van der Waals surface area contributed by atoms with Gasteiger partial charge in [0, 0.05) is 0 Å². The number of thiol groups is 1. The van der Waals surface area contributed by atoms with Gasteiger partial charge < -0.3 is 14.6 Å². The Bertz CT molecular complexity index is 552. The van der Waals surface area contributed by atoms with E-state index in [4.69, 9.17) is 14.2 Å². The summed E-state index contributed by atoms with van der Waals surface area (Å²) in [6.07, 6.45) is 22.2. The maximum absolute atomic E-state index is 12.0. The van der Waals surface area contributed by atoms with E-state index in [1.165, 1.54) is 96.3 Å². The van der Waals surface area contributed by atoms with Crippen LogP contribution in [0.3, 0.4) is 0 Å². The lowest BCUT2D eigenvalue weighted by Gasteiger charge is -2.26. The molecule has 0 radical (unpaired) electrons. The molecule has 0 aliphatic heterocycles. The number of hydrogen-bond acceptors (Lipinski definition) is 7. The molecular weight excluding hydrogens is 507 g/mol. The smallest absolute Gasteiger partial charge is 0.458 e. The van der Waals surface area contributed by atoms with E-state index in [-0.39, 0.29) is 6.61 Å². The van der Waals surface area contributed by atoms with Crippen LogP contribution in [0.4, 0.5) is 0 Å². The highest BCUT2D eigenvalue weighted by molar-refractivity contribution is 7.80. The number of ether oxygens (including phenoxy) is 3. The Labute approximate surface area is 235 Å². The summed E-state index contributed by atoms with van der Waals surface area (Å²) in [5.74, 6) is -0.548. The molecule has 6 nitrogen and oxygen atoms in total. The van der Waals surface area contributed by atoms with E-state index in [1.807, 2.05) is 6.92 Å². The number of carbonyl (C=O) groups excluding carboxylic acids is 1. The molecule has 37 heavy (non-hydrogen) atoms. The molecule has 0 amide bonds. The number of aliphatic hydroxyl groups is 1. The van der Waals surface area contributed by atoms with Crippen molar-refractivity contribution in [1.29, 1.82) is 0 Å². The third-order valence-electron chi connectivity index (χ3n) is 6.85. The fourth-order valence-corrected chi connectivity index (χ4v) is 5.36. The highest BCUT2D eigenvalue weighted by atomic mass is 32.1. The number of unbranched alkanes of at least 4 members (excludes halogenated alkanes) is 13. The van der Waals surface area contributed by atoms with Crippen LogP contribution >= 0.6 is 21.1 Å². The maximum atomic E-state index is 12.0. The molecule has 0 saturated heterocycles. The molecule has 1 N–H and O–H groups in total. The van der Waals surface area contributed by atoms with Crippen molar-refractivity contribution in [3.8, 4) is 0 Å². The Morgan fingerprint density at radius 1 is 0.811 bits per heavy atom. The van der Waals surface area contributed by atoms with Crippen molar-refractivity contribution in [1.82, 2.24) is 0 Å². The van der Waals surface area contributed by atoms with Gasteiger partial charge in [-0.3, -0.25) is 4.74 Å². The molecule has 0 saturated carbocycles. The zero-order valence-corrected chi connectivity index (χ0v) is 26.2. The zero-order valence-electron chi connectivity index (χ0n) is 24.3. The second-order valence-electron chi connectivity index (χ2n) is 10.3. The van der Waals surface area contributed by atoms with Gasteiger partial charge in [-0.25, -0.2) is 4.79 Å². The van der Waals surface area contributed by atoms with Crippen LogP contribution in [0.2, 0.25) is 0 Å². The molecule has 0 aliphatic rings. The number of esters is 1. The summed E-state index contributed by atoms with van der Waals surface area (Å²) in [7, 11) is -1.42. The van der Waals surface area contributed by atoms with Gasteiger partial charge >= 0.3 is 20.0 Å². The van der Waals surface area contributed by atoms with Crippen molar-refractivity contribution in [2.24, 2.45) is 5.92 Å². The normalized spacial score (nSPS) is 15.8. The fourth-order valence-electron chi connectivity index (χ4n) is 4.59.